The van der Waals surface area contributed by atoms with E-state index in [4.69, 9.17) is 11.6 Å². The van der Waals surface area contributed by atoms with Crippen LogP contribution in [0.25, 0.3) is 0 Å². The zero-order chi connectivity index (χ0) is 16.3. The molecule has 0 saturated carbocycles. The van der Waals surface area contributed by atoms with Gasteiger partial charge in [0.2, 0.25) is 10.0 Å². The van der Waals surface area contributed by atoms with E-state index in [1.54, 1.807) is 30.0 Å². The summed E-state index contributed by atoms with van der Waals surface area (Å²) >= 11 is 5.89. The van der Waals surface area contributed by atoms with Crippen molar-refractivity contribution in [2.24, 2.45) is 0 Å². The van der Waals surface area contributed by atoms with Gasteiger partial charge in [-0.1, -0.05) is 11.6 Å². The molecule has 122 valence electrons. The van der Waals surface area contributed by atoms with Crippen LogP contribution < -0.4 is 5.32 Å². The number of urea groups is 1. The number of carbonyl (C=O) groups excluding carboxylic acids is 1. The number of halogens is 1. The van der Waals surface area contributed by atoms with Gasteiger partial charge in [0.25, 0.3) is 0 Å². The Morgan fingerprint density at radius 1 is 1.27 bits per heavy atom. The molecule has 1 aromatic rings. The van der Waals surface area contributed by atoms with Crippen molar-refractivity contribution in [3.05, 3.63) is 28.8 Å². The highest BCUT2D eigenvalue weighted by Crippen LogP contribution is 2.20. The maximum Gasteiger partial charge on any atom is 0.321 e. The number of aryl methyl sites for hydroxylation is 1. The Bertz CT molecular complexity index is 655. The van der Waals surface area contributed by atoms with Crippen molar-refractivity contribution in [2.45, 2.75) is 13.8 Å². The molecule has 22 heavy (non-hydrogen) atoms. The Labute approximate surface area is 136 Å². The molecule has 0 atom stereocenters. The molecular formula is C14H20ClN3O3S. The molecule has 1 fully saturated rings. The standard InChI is InChI=1S/C14H20ClN3O3S/c1-3-22(20,21)18-8-6-17(7-9-18)14(19)16-13-5-4-12(15)10-11(13)2/h4-5,10H,3,6-9H2,1-2H3,(H,16,19). The molecule has 2 rings (SSSR count). The minimum Gasteiger partial charge on any atom is -0.322 e. The number of hydrogen-bond donors (Lipinski definition) is 1. The molecule has 0 aromatic heterocycles. The fourth-order valence-electron chi connectivity index (χ4n) is 2.31. The van der Waals surface area contributed by atoms with Crippen molar-refractivity contribution in [3.63, 3.8) is 0 Å². The van der Waals surface area contributed by atoms with Gasteiger partial charge < -0.3 is 10.2 Å². The van der Waals surface area contributed by atoms with Crippen LogP contribution in [0.5, 0.6) is 0 Å². The lowest BCUT2D eigenvalue weighted by Crippen LogP contribution is -2.51. The first-order valence-corrected chi connectivity index (χ1v) is 9.12. The van der Waals surface area contributed by atoms with Gasteiger partial charge in [-0.25, -0.2) is 13.2 Å². The second-order valence-corrected chi connectivity index (χ2v) is 7.87. The van der Waals surface area contributed by atoms with E-state index in [9.17, 15) is 13.2 Å². The summed E-state index contributed by atoms with van der Waals surface area (Å²) in [5.41, 5.74) is 1.59. The Balaban J connectivity index is 1.95. The van der Waals surface area contributed by atoms with E-state index in [1.165, 1.54) is 4.31 Å². The molecule has 2 amide bonds. The molecule has 8 heteroatoms. The highest BCUT2D eigenvalue weighted by atomic mass is 35.5. The molecule has 0 spiro atoms. The summed E-state index contributed by atoms with van der Waals surface area (Å²) in [6.07, 6.45) is 0. The summed E-state index contributed by atoms with van der Waals surface area (Å²) in [4.78, 5) is 13.9. The summed E-state index contributed by atoms with van der Waals surface area (Å²) in [6.45, 7) is 4.94. The lowest BCUT2D eigenvalue weighted by molar-refractivity contribution is 0.184. The number of nitrogens with one attached hydrogen (secondary N) is 1. The molecule has 1 saturated heterocycles. The van der Waals surface area contributed by atoms with Crippen LogP contribution in [0.1, 0.15) is 12.5 Å². The van der Waals surface area contributed by atoms with Crippen LogP contribution in [0.4, 0.5) is 10.5 Å². The number of nitrogens with zero attached hydrogens (tertiary/aromatic N) is 2. The summed E-state index contributed by atoms with van der Waals surface area (Å²) < 4.78 is 25.0. The second kappa shape index (κ2) is 6.85. The number of carbonyl (C=O) groups is 1. The van der Waals surface area contributed by atoms with Crippen molar-refractivity contribution in [1.82, 2.24) is 9.21 Å². The number of amides is 2. The zero-order valence-electron chi connectivity index (χ0n) is 12.7. The molecule has 0 unspecified atom stereocenters. The van der Waals surface area contributed by atoms with Gasteiger partial charge in [-0.05, 0) is 37.6 Å². The fourth-order valence-corrected chi connectivity index (χ4v) is 3.62. The summed E-state index contributed by atoms with van der Waals surface area (Å²) in [7, 11) is -3.18. The van der Waals surface area contributed by atoms with Crippen LogP contribution in [-0.4, -0.2) is 55.6 Å². The number of sulfonamides is 1. The summed E-state index contributed by atoms with van der Waals surface area (Å²) in [5.74, 6) is 0.0865. The van der Waals surface area contributed by atoms with E-state index < -0.39 is 10.0 Å². The molecule has 1 heterocycles. The van der Waals surface area contributed by atoms with Crippen molar-refractivity contribution in [2.75, 3.05) is 37.2 Å². The first-order chi connectivity index (χ1) is 10.3. The number of anilines is 1. The quantitative estimate of drug-likeness (QED) is 0.912. The van der Waals surface area contributed by atoms with Crippen LogP contribution >= 0.6 is 11.6 Å². The van der Waals surface area contributed by atoms with Gasteiger partial charge in [0.1, 0.15) is 0 Å². The minimum atomic E-state index is -3.18. The zero-order valence-corrected chi connectivity index (χ0v) is 14.2. The monoisotopic (exact) mass is 345 g/mol. The van der Waals surface area contributed by atoms with E-state index in [-0.39, 0.29) is 11.8 Å². The van der Waals surface area contributed by atoms with E-state index in [0.717, 1.165) is 5.56 Å². The van der Waals surface area contributed by atoms with Crippen molar-refractivity contribution >= 4 is 33.3 Å². The van der Waals surface area contributed by atoms with E-state index in [1.807, 2.05) is 6.92 Å². The summed E-state index contributed by atoms with van der Waals surface area (Å²) in [6, 6.07) is 5.03. The topological polar surface area (TPSA) is 69.7 Å². The van der Waals surface area contributed by atoms with Crippen LogP contribution in [0.15, 0.2) is 18.2 Å². The third kappa shape index (κ3) is 3.91. The Morgan fingerprint density at radius 3 is 2.45 bits per heavy atom. The van der Waals surface area contributed by atoms with Gasteiger partial charge in [0.05, 0.1) is 5.75 Å². The molecule has 6 nitrogen and oxygen atoms in total. The average molecular weight is 346 g/mol. The van der Waals surface area contributed by atoms with Crippen molar-refractivity contribution < 1.29 is 13.2 Å². The smallest absolute Gasteiger partial charge is 0.321 e. The van der Waals surface area contributed by atoms with E-state index in [0.29, 0.717) is 36.9 Å². The molecule has 0 radical (unpaired) electrons. The number of hydrogen-bond acceptors (Lipinski definition) is 3. The van der Waals surface area contributed by atoms with Crippen LogP contribution in [0.2, 0.25) is 5.02 Å². The van der Waals surface area contributed by atoms with Crippen LogP contribution in [0.3, 0.4) is 0 Å². The summed E-state index contributed by atoms with van der Waals surface area (Å²) in [5, 5.41) is 3.45. The molecule has 0 bridgehead atoms. The van der Waals surface area contributed by atoms with Gasteiger partial charge in [0.15, 0.2) is 0 Å². The predicted octanol–water partition coefficient (Wildman–Crippen LogP) is 2.15. The van der Waals surface area contributed by atoms with Crippen LogP contribution in [0, 0.1) is 6.92 Å². The van der Waals surface area contributed by atoms with E-state index in [2.05, 4.69) is 5.32 Å². The third-order valence-electron chi connectivity index (χ3n) is 3.71. The third-order valence-corrected chi connectivity index (χ3v) is 5.83. The number of piperazine rings is 1. The normalized spacial score (nSPS) is 16.6. The number of rotatable bonds is 3. The largest absolute Gasteiger partial charge is 0.322 e. The van der Waals surface area contributed by atoms with Crippen molar-refractivity contribution in [1.29, 1.82) is 0 Å². The number of benzene rings is 1. The lowest BCUT2D eigenvalue weighted by atomic mass is 10.2. The molecule has 1 N–H and O–H groups in total. The Morgan fingerprint density at radius 2 is 1.91 bits per heavy atom. The maximum atomic E-state index is 12.2. The van der Waals surface area contributed by atoms with E-state index >= 15 is 0 Å². The molecule has 0 aliphatic carbocycles. The molecule has 1 aromatic carbocycles. The minimum absolute atomic E-state index is 0.0865. The van der Waals surface area contributed by atoms with Crippen LogP contribution in [-0.2, 0) is 10.0 Å². The lowest BCUT2D eigenvalue weighted by Gasteiger charge is -2.33. The molecule has 1 aliphatic rings. The first-order valence-electron chi connectivity index (χ1n) is 7.13. The highest BCUT2D eigenvalue weighted by Gasteiger charge is 2.27. The van der Waals surface area contributed by atoms with Gasteiger partial charge in [-0.15, -0.1) is 0 Å². The van der Waals surface area contributed by atoms with Gasteiger partial charge in [0, 0.05) is 36.9 Å². The SMILES string of the molecule is CCS(=O)(=O)N1CCN(C(=O)Nc2ccc(Cl)cc2C)CC1. The second-order valence-electron chi connectivity index (χ2n) is 5.18. The average Bonchev–Trinajstić information content (AvgIpc) is 2.50. The molecular weight excluding hydrogens is 326 g/mol. The highest BCUT2D eigenvalue weighted by molar-refractivity contribution is 7.89. The van der Waals surface area contributed by atoms with Gasteiger partial charge in [-0.2, -0.15) is 4.31 Å². The Hall–Kier alpha value is -1.31. The van der Waals surface area contributed by atoms with Crippen molar-refractivity contribution in [3.8, 4) is 0 Å². The van der Waals surface area contributed by atoms with Gasteiger partial charge in [-0.3, -0.25) is 0 Å². The fraction of sp³-hybridized carbons (Fsp3) is 0.500. The first kappa shape index (κ1) is 17.1. The Kier molecular flexibility index (Phi) is 5.31. The maximum absolute atomic E-state index is 12.2. The molecule has 1 aliphatic heterocycles. The predicted molar refractivity (Wildman–Crippen MR) is 87.8 cm³/mol. The van der Waals surface area contributed by atoms with Gasteiger partial charge >= 0.3 is 6.03 Å².